The molecule has 0 spiro atoms. The Balaban J connectivity index is 1.61. The minimum atomic E-state index is -0.483. The number of halogens is 1. The van der Waals surface area contributed by atoms with Crippen molar-refractivity contribution in [3.05, 3.63) is 53.6 Å². The smallest absolute Gasteiger partial charge is 0.410 e. The summed E-state index contributed by atoms with van der Waals surface area (Å²) in [5.41, 5.74) is 2.41. The molecular weight excluding hydrogens is 388 g/mol. The van der Waals surface area contributed by atoms with Crippen LogP contribution in [-0.2, 0) is 4.74 Å². The van der Waals surface area contributed by atoms with Gasteiger partial charge in [0.15, 0.2) is 0 Å². The van der Waals surface area contributed by atoms with Gasteiger partial charge in [-0.25, -0.2) is 9.78 Å². The first kappa shape index (κ1) is 19.7. The number of fused-ring (bicyclic) bond motifs is 1. The summed E-state index contributed by atoms with van der Waals surface area (Å²) in [6.45, 7) is 6.98. The standard InChI is InChI=1S/C22H25ClN4O2/c1-22(2,3)29-21(28)26-12-9-15(10-13-26)20-25-18-8-11-24-14-19(18)27(20)17-6-4-16(23)5-7-17/h4-8,11,14-15H,9-10,12-13H2,1-3H3. The number of amides is 1. The van der Waals surface area contributed by atoms with E-state index in [1.807, 2.05) is 57.3 Å². The van der Waals surface area contributed by atoms with Crippen LogP contribution in [0.15, 0.2) is 42.7 Å². The molecule has 2 aromatic heterocycles. The molecule has 0 aliphatic carbocycles. The quantitative estimate of drug-likeness (QED) is 0.581. The maximum atomic E-state index is 12.4. The Morgan fingerprint density at radius 3 is 2.48 bits per heavy atom. The van der Waals surface area contributed by atoms with Crippen molar-refractivity contribution in [1.82, 2.24) is 19.4 Å². The van der Waals surface area contributed by atoms with Crippen LogP contribution in [0.4, 0.5) is 4.79 Å². The lowest BCUT2D eigenvalue weighted by Crippen LogP contribution is -2.41. The molecule has 1 fully saturated rings. The fourth-order valence-corrected chi connectivity index (χ4v) is 3.85. The Morgan fingerprint density at radius 2 is 1.83 bits per heavy atom. The molecule has 0 N–H and O–H groups in total. The van der Waals surface area contributed by atoms with Crippen molar-refractivity contribution in [2.24, 2.45) is 0 Å². The van der Waals surface area contributed by atoms with E-state index >= 15 is 0 Å². The SMILES string of the molecule is CC(C)(C)OC(=O)N1CCC(c2nc3ccncc3n2-c2ccc(Cl)cc2)CC1. The average Bonchev–Trinajstić information content (AvgIpc) is 3.07. The van der Waals surface area contributed by atoms with Crippen LogP contribution < -0.4 is 0 Å². The summed E-state index contributed by atoms with van der Waals surface area (Å²) in [4.78, 5) is 23.4. The molecule has 1 aromatic carbocycles. The Morgan fingerprint density at radius 1 is 1.14 bits per heavy atom. The molecule has 1 saturated heterocycles. The molecule has 3 heterocycles. The van der Waals surface area contributed by atoms with Gasteiger partial charge in [0.1, 0.15) is 11.4 Å². The average molecular weight is 413 g/mol. The molecule has 0 radical (unpaired) electrons. The van der Waals surface area contributed by atoms with Gasteiger partial charge in [-0.1, -0.05) is 11.6 Å². The Bertz CT molecular complexity index is 1020. The van der Waals surface area contributed by atoms with Crippen LogP contribution in [0, 0.1) is 0 Å². The summed E-state index contributed by atoms with van der Waals surface area (Å²) >= 11 is 6.08. The van der Waals surface area contributed by atoms with Crippen molar-refractivity contribution in [1.29, 1.82) is 0 Å². The summed E-state index contributed by atoms with van der Waals surface area (Å²) in [5.74, 6) is 1.25. The maximum absolute atomic E-state index is 12.4. The van der Waals surface area contributed by atoms with Crippen molar-refractivity contribution in [2.75, 3.05) is 13.1 Å². The fraction of sp³-hybridized carbons (Fsp3) is 0.409. The minimum absolute atomic E-state index is 0.244. The lowest BCUT2D eigenvalue weighted by molar-refractivity contribution is 0.0203. The van der Waals surface area contributed by atoms with Gasteiger partial charge in [-0.05, 0) is 63.9 Å². The number of aromatic nitrogens is 3. The second-order valence-corrected chi connectivity index (χ2v) is 8.82. The van der Waals surface area contributed by atoms with Gasteiger partial charge < -0.3 is 9.64 Å². The largest absolute Gasteiger partial charge is 0.444 e. The molecule has 1 aliphatic heterocycles. The van der Waals surface area contributed by atoms with E-state index in [-0.39, 0.29) is 12.0 Å². The molecule has 0 atom stereocenters. The number of imidazole rings is 1. The number of ether oxygens (including phenoxy) is 1. The highest BCUT2D eigenvalue weighted by atomic mass is 35.5. The van der Waals surface area contributed by atoms with Gasteiger partial charge in [0.05, 0.1) is 17.2 Å². The molecule has 0 bridgehead atoms. The zero-order chi connectivity index (χ0) is 20.6. The number of benzene rings is 1. The van der Waals surface area contributed by atoms with Gasteiger partial charge in [-0.3, -0.25) is 9.55 Å². The van der Waals surface area contributed by atoms with E-state index < -0.39 is 5.60 Å². The molecule has 0 unspecified atom stereocenters. The highest BCUT2D eigenvalue weighted by Crippen LogP contribution is 2.33. The van der Waals surface area contributed by atoms with E-state index in [0.29, 0.717) is 18.1 Å². The Labute approximate surface area is 175 Å². The predicted molar refractivity (Wildman–Crippen MR) is 114 cm³/mol. The third-order valence-electron chi connectivity index (χ3n) is 5.08. The summed E-state index contributed by atoms with van der Waals surface area (Å²) in [6.07, 6.45) is 5.03. The maximum Gasteiger partial charge on any atom is 0.410 e. The summed E-state index contributed by atoms with van der Waals surface area (Å²) in [7, 11) is 0. The number of nitrogens with zero attached hydrogens (tertiary/aromatic N) is 4. The molecule has 6 nitrogen and oxygen atoms in total. The van der Waals surface area contributed by atoms with Gasteiger partial charge in [0.2, 0.25) is 0 Å². The van der Waals surface area contributed by atoms with Crippen LogP contribution >= 0.6 is 11.6 Å². The van der Waals surface area contributed by atoms with Gasteiger partial charge >= 0.3 is 6.09 Å². The van der Waals surface area contributed by atoms with E-state index in [4.69, 9.17) is 21.3 Å². The molecule has 1 amide bonds. The number of carbonyl (C=O) groups is 1. The lowest BCUT2D eigenvalue weighted by Gasteiger charge is -2.33. The van der Waals surface area contributed by atoms with Crippen molar-refractivity contribution < 1.29 is 9.53 Å². The van der Waals surface area contributed by atoms with Crippen LogP contribution in [-0.4, -0.2) is 44.2 Å². The van der Waals surface area contributed by atoms with Gasteiger partial charge in [0.25, 0.3) is 0 Å². The normalized spacial score (nSPS) is 15.7. The number of carbonyl (C=O) groups excluding carboxylic acids is 1. The van der Waals surface area contributed by atoms with Crippen LogP contribution in [0.3, 0.4) is 0 Å². The second-order valence-electron chi connectivity index (χ2n) is 8.39. The summed E-state index contributed by atoms with van der Waals surface area (Å²) in [5, 5.41) is 0.698. The molecule has 1 aliphatic rings. The fourth-order valence-electron chi connectivity index (χ4n) is 3.72. The minimum Gasteiger partial charge on any atom is -0.444 e. The lowest BCUT2D eigenvalue weighted by atomic mass is 9.96. The van der Waals surface area contributed by atoms with Gasteiger partial charge in [0, 0.05) is 35.9 Å². The molecule has 7 heteroatoms. The summed E-state index contributed by atoms with van der Waals surface area (Å²) in [6, 6.07) is 9.69. The van der Waals surface area contributed by atoms with E-state index in [0.717, 1.165) is 35.4 Å². The first-order valence-corrected chi connectivity index (χ1v) is 10.3. The molecule has 4 rings (SSSR count). The van der Waals surface area contributed by atoms with E-state index in [9.17, 15) is 4.79 Å². The first-order chi connectivity index (χ1) is 13.8. The number of likely N-dealkylation sites (tertiary alicyclic amines) is 1. The third kappa shape index (κ3) is 4.22. The van der Waals surface area contributed by atoms with Gasteiger partial charge in [-0.2, -0.15) is 0 Å². The van der Waals surface area contributed by atoms with E-state index in [1.54, 1.807) is 11.1 Å². The molecule has 152 valence electrons. The van der Waals surface area contributed by atoms with Crippen molar-refractivity contribution in [3.63, 3.8) is 0 Å². The van der Waals surface area contributed by atoms with Crippen LogP contribution in [0.25, 0.3) is 16.7 Å². The van der Waals surface area contributed by atoms with Crippen LogP contribution in [0.5, 0.6) is 0 Å². The highest BCUT2D eigenvalue weighted by Gasteiger charge is 2.30. The van der Waals surface area contributed by atoms with E-state index in [2.05, 4.69) is 9.55 Å². The zero-order valence-corrected chi connectivity index (χ0v) is 17.7. The van der Waals surface area contributed by atoms with Crippen molar-refractivity contribution >= 4 is 28.7 Å². The predicted octanol–water partition coefficient (Wildman–Crippen LogP) is 5.19. The second kappa shape index (κ2) is 7.67. The number of hydrogen-bond acceptors (Lipinski definition) is 4. The summed E-state index contributed by atoms with van der Waals surface area (Å²) < 4.78 is 7.67. The van der Waals surface area contributed by atoms with Crippen molar-refractivity contribution in [3.8, 4) is 5.69 Å². The monoisotopic (exact) mass is 412 g/mol. The number of rotatable bonds is 2. The first-order valence-electron chi connectivity index (χ1n) is 9.88. The number of hydrogen-bond donors (Lipinski definition) is 0. The van der Waals surface area contributed by atoms with E-state index in [1.165, 1.54) is 0 Å². The third-order valence-corrected chi connectivity index (χ3v) is 5.33. The molecule has 0 saturated carbocycles. The Hall–Kier alpha value is -2.60. The Kier molecular flexibility index (Phi) is 5.21. The number of piperidine rings is 1. The van der Waals surface area contributed by atoms with Crippen LogP contribution in [0.1, 0.15) is 45.4 Å². The van der Waals surface area contributed by atoms with Crippen LogP contribution in [0.2, 0.25) is 5.02 Å². The van der Waals surface area contributed by atoms with Gasteiger partial charge in [-0.15, -0.1) is 0 Å². The topological polar surface area (TPSA) is 60.2 Å². The molecule has 3 aromatic rings. The highest BCUT2D eigenvalue weighted by molar-refractivity contribution is 6.30. The zero-order valence-electron chi connectivity index (χ0n) is 16.9. The van der Waals surface area contributed by atoms with Crippen molar-refractivity contribution in [2.45, 2.75) is 45.1 Å². The number of pyridine rings is 1. The molecular formula is C22H25ClN4O2. The molecule has 29 heavy (non-hydrogen) atoms.